The Kier molecular flexibility index (Phi) is 1.86. The van der Waals surface area contributed by atoms with E-state index in [-0.39, 0.29) is 0 Å². The van der Waals surface area contributed by atoms with Crippen LogP contribution in [0.1, 0.15) is 15.6 Å². The van der Waals surface area contributed by atoms with Gasteiger partial charge in [-0.25, -0.2) is 4.98 Å². The first-order valence-electron chi connectivity index (χ1n) is 2.96. The van der Waals surface area contributed by atoms with Crippen molar-refractivity contribution < 1.29 is 0 Å². The highest BCUT2D eigenvalue weighted by Crippen LogP contribution is 2.16. The first kappa shape index (κ1) is 6.75. The Morgan fingerprint density at radius 2 is 2.22 bits per heavy atom. The van der Waals surface area contributed by atoms with Crippen LogP contribution in [-0.4, -0.2) is 4.98 Å². The smallest absolute Gasteiger partial charge is 0.0900 e. The SMILES string of the molecule is [CH2]Cc1sc(C)nc1C. The van der Waals surface area contributed by atoms with E-state index >= 15 is 0 Å². The molecule has 1 aromatic heterocycles. The fourth-order valence-corrected chi connectivity index (χ4v) is 1.64. The van der Waals surface area contributed by atoms with E-state index < -0.39 is 0 Å². The lowest BCUT2D eigenvalue weighted by atomic mass is 10.3. The molecule has 0 bridgehead atoms. The van der Waals surface area contributed by atoms with Crippen LogP contribution in [0.4, 0.5) is 0 Å². The highest BCUT2D eigenvalue weighted by atomic mass is 32.1. The minimum atomic E-state index is 0.872. The Labute approximate surface area is 59.8 Å². The van der Waals surface area contributed by atoms with Gasteiger partial charge in [-0.15, -0.1) is 11.3 Å². The zero-order valence-electron chi connectivity index (χ0n) is 5.77. The third-order valence-corrected chi connectivity index (χ3v) is 2.36. The zero-order chi connectivity index (χ0) is 6.85. The molecule has 49 valence electrons. The van der Waals surface area contributed by atoms with Crippen molar-refractivity contribution in [2.75, 3.05) is 0 Å². The molecule has 0 N–H and O–H groups in total. The second-order valence-corrected chi connectivity index (χ2v) is 3.28. The van der Waals surface area contributed by atoms with E-state index in [4.69, 9.17) is 0 Å². The molecule has 0 aliphatic heterocycles. The van der Waals surface area contributed by atoms with E-state index in [9.17, 15) is 0 Å². The Morgan fingerprint density at radius 3 is 2.44 bits per heavy atom. The maximum absolute atomic E-state index is 4.26. The van der Waals surface area contributed by atoms with Crippen molar-refractivity contribution >= 4 is 11.3 Å². The van der Waals surface area contributed by atoms with Gasteiger partial charge in [0.15, 0.2) is 0 Å². The van der Waals surface area contributed by atoms with Crippen LogP contribution >= 0.6 is 11.3 Å². The van der Waals surface area contributed by atoms with Gasteiger partial charge in [-0.3, -0.25) is 0 Å². The molecule has 0 saturated heterocycles. The molecule has 0 fully saturated rings. The van der Waals surface area contributed by atoms with Crippen molar-refractivity contribution in [1.82, 2.24) is 4.98 Å². The first-order valence-corrected chi connectivity index (χ1v) is 3.78. The number of nitrogens with zero attached hydrogens (tertiary/aromatic N) is 1. The summed E-state index contributed by atoms with van der Waals surface area (Å²) in [5.74, 6) is 0. The zero-order valence-corrected chi connectivity index (χ0v) is 6.59. The van der Waals surface area contributed by atoms with Crippen molar-refractivity contribution in [2.45, 2.75) is 20.3 Å². The molecule has 1 radical (unpaired) electrons. The summed E-state index contributed by atoms with van der Waals surface area (Å²) in [7, 11) is 0. The molecule has 0 atom stereocenters. The fourth-order valence-electron chi connectivity index (χ4n) is 0.805. The lowest BCUT2D eigenvalue weighted by molar-refractivity contribution is 1.15. The van der Waals surface area contributed by atoms with Crippen LogP contribution in [0.5, 0.6) is 0 Å². The van der Waals surface area contributed by atoms with Gasteiger partial charge in [0.25, 0.3) is 0 Å². The van der Waals surface area contributed by atoms with Gasteiger partial charge in [-0.1, -0.05) is 0 Å². The van der Waals surface area contributed by atoms with Crippen molar-refractivity contribution in [1.29, 1.82) is 0 Å². The molecule has 1 aromatic rings. The van der Waals surface area contributed by atoms with Gasteiger partial charge in [0.2, 0.25) is 0 Å². The van der Waals surface area contributed by atoms with Gasteiger partial charge in [-0.05, 0) is 27.2 Å². The number of aryl methyl sites for hydroxylation is 2. The van der Waals surface area contributed by atoms with Gasteiger partial charge >= 0.3 is 0 Å². The number of rotatable bonds is 1. The summed E-state index contributed by atoms with van der Waals surface area (Å²) in [6.07, 6.45) is 0.872. The van der Waals surface area contributed by atoms with E-state index in [1.54, 1.807) is 11.3 Å². The second-order valence-electron chi connectivity index (χ2n) is 1.99. The van der Waals surface area contributed by atoms with Gasteiger partial charge < -0.3 is 0 Å². The number of aromatic nitrogens is 1. The standard InChI is InChI=1S/C7H10NS/c1-4-7-5(2)8-6(3)9-7/h1,4H2,2-3H3. The summed E-state index contributed by atoms with van der Waals surface area (Å²) >= 11 is 1.74. The van der Waals surface area contributed by atoms with Crippen molar-refractivity contribution in [3.8, 4) is 0 Å². The molecule has 2 heteroatoms. The van der Waals surface area contributed by atoms with Gasteiger partial charge in [-0.2, -0.15) is 0 Å². The molecular formula is C7H10NS. The molecule has 0 aliphatic carbocycles. The van der Waals surface area contributed by atoms with Crippen LogP contribution in [-0.2, 0) is 6.42 Å². The number of hydrogen-bond donors (Lipinski definition) is 0. The number of hydrogen-bond acceptors (Lipinski definition) is 2. The lowest BCUT2D eigenvalue weighted by Gasteiger charge is -1.85. The van der Waals surface area contributed by atoms with Crippen molar-refractivity contribution in [3.05, 3.63) is 22.5 Å². The first-order chi connectivity index (χ1) is 4.24. The normalized spacial score (nSPS) is 10.1. The second kappa shape index (κ2) is 2.48. The molecule has 0 saturated carbocycles. The third kappa shape index (κ3) is 1.30. The van der Waals surface area contributed by atoms with E-state index in [1.807, 2.05) is 13.8 Å². The molecule has 0 spiro atoms. The number of thiazole rings is 1. The average molecular weight is 140 g/mol. The summed E-state index contributed by atoms with van der Waals surface area (Å²) in [4.78, 5) is 5.57. The Balaban J connectivity index is 3.01. The maximum Gasteiger partial charge on any atom is 0.0900 e. The van der Waals surface area contributed by atoms with E-state index in [1.165, 1.54) is 4.88 Å². The molecule has 0 aliphatic rings. The highest BCUT2D eigenvalue weighted by molar-refractivity contribution is 7.11. The summed E-state index contributed by atoms with van der Waals surface area (Å²) in [5.41, 5.74) is 1.15. The minimum Gasteiger partial charge on any atom is -0.247 e. The molecule has 9 heavy (non-hydrogen) atoms. The molecule has 0 unspecified atom stereocenters. The molecule has 1 heterocycles. The fraction of sp³-hybridized carbons (Fsp3) is 0.429. The van der Waals surface area contributed by atoms with Crippen molar-refractivity contribution in [3.63, 3.8) is 0 Å². The summed E-state index contributed by atoms with van der Waals surface area (Å²) in [5, 5.41) is 1.14. The van der Waals surface area contributed by atoms with E-state index in [0.29, 0.717) is 0 Å². The van der Waals surface area contributed by atoms with Gasteiger partial charge in [0, 0.05) is 4.88 Å². The quantitative estimate of drug-likeness (QED) is 0.582. The summed E-state index contributed by atoms with van der Waals surface area (Å²) < 4.78 is 0. The average Bonchev–Trinajstić information content (AvgIpc) is 2.10. The van der Waals surface area contributed by atoms with Crippen LogP contribution in [0.3, 0.4) is 0 Å². The Hall–Kier alpha value is -0.370. The van der Waals surface area contributed by atoms with Crippen molar-refractivity contribution in [2.24, 2.45) is 0 Å². The Morgan fingerprint density at radius 1 is 1.56 bits per heavy atom. The van der Waals surface area contributed by atoms with E-state index in [0.717, 1.165) is 17.1 Å². The topological polar surface area (TPSA) is 12.9 Å². The van der Waals surface area contributed by atoms with Gasteiger partial charge in [0.05, 0.1) is 10.7 Å². The molecular weight excluding hydrogens is 130 g/mol. The van der Waals surface area contributed by atoms with E-state index in [2.05, 4.69) is 11.9 Å². The highest BCUT2D eigenvalue weighted by Gasteiger charge is 1.99. The van der Waals surface area contributed by atoms with Crippen LogP contribution in [0.2, 0.25) is 0 Å². The molecule has 0 amide bonds. The molecule has 1 rings (SSSR count). The monoisotopic (exact) mass is 140 g/mol. The van der Waals surface area contributed by atoms with Crippen LogP contribution in [0.15, 0.2) is 0 Å². The summed E-state index contributed by atoms with van der Waals surface area (Å²) in [6, 6.07) is 0. The summed E-state index contributed by atoms with van der Waals surface area (Å²) in [6.45, 7) is 7.86. The van der Waals surface area contributed by atoms with Crippen LogP contribution in [0, 0.1) is 20.8 Å². The van der Waals surface area contributed by atoms with Crippen LogP contribution < -0.4 is 0 Å². The maximum atomic E-state index is 4.26. The van der Waals surface area contributed by atoms with Gasteiger partial charge in [0.1, 0.15) is 0 Å². The molecule has 0 aromatic carbocycles. The van der Waals surface area contributed by atoms with Crippen LogP contribution in [0.25, 0.3) is 0 Å². The third-order valence-electron chi connectivity index (χ3n) is 1.23. The largest absolute Gasteiger partial charge is 0.247 e. The minimum absolute atomic E-state index is 0.872. The lowest BCUT2D eigenvalue weighted by Crippen LogP contribution is -1.77. The predicted octanol–water partition coefficient (Wildman–Crippen LogP) is 2.14. The Bertz CT molecular complexity index is 203. The predicted molar refractivity (Wildman–Crippen MR) is 40.6 cm³/mol. The molecule has 1 nitrogen and oxygen atoms in total.